The van der Waals surface area contributed by atoms with E-state index in [1.807, 2.05) is 14.1 Å². The van der Waals surface area contributed by atoms with Gasteiger partial charge in [0.05, 0.1) is 0 Å². The van der Waals surface area contributed by atoms with Crippen LogP contribution in [-0.2, 0) is 7.05 Å². The van der Waals surface area contributed by atoms with Gasteiger partial charge in [-0.15, -0.1) is 0 Å². The number of hydrogen-bond acceptors (Lipinski definition) is 2. The molecule has 12 heavy (non-hydrogen) atoms. The lowest BCUT2D eigenvalue weighted by Gasteiger charge is -2.13. The van der Waals surface area contributed by atoms with Crippen molar-refractivity contribution in [2.45, 2.75) is 0 Å². The highest BCUT2D eigenvalue weighted by Crippen LogP contribution is 1.98. The summed E-state index contributed by atoms with van der Waals surface area (Å²) in [5, 5.41) is 0. The van der Waals surface area contributed by atoms with Crippen molar-refractivity contribution in [1.29, 1.82) is 0 Å². The van der Waals surface area contributed by atoms with Gasteiger partial charge in [0.1, 0.15) is 13.5 Å². The van der Waals surface area contributed by atoms with E-state index < -0.39 is 0 Å². The first kappa shape index (κ1) is 8.91. The van der Waals surface area contributed by atoms with Crippen LogP contribution in [0.25, 0.3) is 0 Å². The summed E-state index contributed by atoms with van der Waals surface area (Å²) in [6.45, 7) is 0. The first-order chi connectivity index (χ1) is 5.52. The smallest absolute Gasteiger partial charge is 0.273 e. The topological polar surface area (TPSA) is 25.2 Å². The molecule has 1 aromatic rings. The third kappa shape index (κ3) is 1.52. The van der Waals surface area contributed by atoms with Crippen LogP contribution in [0.4, 0.5) is 5.69 Å². The first-order valence-electron chi connectivity index (χ1n) is 3.66. The van der Waals surface area contributed by atoms with Crippen molar-refractivity contribution in [3.8, 4) is 0 Å². The van der Waals surface area contributed by atoms with Crippen molar-refractivity contribution in [1.82, 2.24) is 4.57 Å². The maximum absolute atomic E-state index is 11.4. The van der Waals surface area contributed by atoms with E-state index in [4.69, 9.17) is 7.85 Å². The van der Waals surface area contributed by atoms with Gasteiger partial charge in [0, 0.05) is 21.1 Å². The van der Waals surface area contributed by atoms with Gasteiger partial charge in [0.15, 0.2) is 0 Å². The van der Waals surface area contributed by atoms with Gasteiger partial charge in [-0.1, -0.05) is 5.46 Å². The lowest BCUT2D eigenvalue weighted by atomic mass is 9.98. The highest BCUT2D eigenvalue weighted by Gasteiger charge is 2.02. The molecule has 4 heteroatoms. The van der Waals surface area contributed by atoms with Crippen LogP contribution in [0.15, 0.2) is 17.1 Å². The molecule has 1 rings (SSSR count). The number of hydrogen-bond donors (Lipinski definition) is 0. The zero-order valence-corrected chi connectivity index (χ0v) is 7.53. The van der Waals surface area contributed by atoms with Crippen molar-refractivity contribution < 1.29 is 0 Å². The molecule has 0 atom stereocenters. The molecule has 62 valence electrons. The Balaban J connectivity index is 3.38. The SMILES string of the molecule is [B]c1cc(N(C)C)c(=O)n(C)c1. The molecule has 0 aliphatic rings. The van der Waals surface area contributed by atoms with Crippen LogP contribution in [0, 0.1) is 0 Å². The Morgan fingerprint density at radius 2 is 2.08 bits per heavy atom. The molecule has 3 nitrogen and oxygen atoms in total. The van der Waals surface area contributed by atoms with Gasteiger partial charge in [0.2, 0.25) is 0 Å². The zero-order chi connectivity index (χ0) is 9.30. The van der Waals surface area contributed by atoms with Crippen molar-refractivity contribution in [2.24, 2.45) is 7.05 Å². The van der Waals surface area contributed by atoms with Crippen molar-refractivity contribution in [3.63, 3.8) is 0 Å². The predicted octanol–water partition coefficient (Wildman–Crippen LogP) is -0.755. The maximum atomic E-state index is 11.4. The van der Waals surface area contributed by atoms with Crippen LogP contribution in [-0.4, -0.2) is 26.5 Å². The quantitative estimate of drug-likeness (QED) is 0.507. The fourth-order valence-electron chi connectivity index (χ4n) is 1.04. The molecule has 0 unspecified atom stereocenters. The Morgan fingerprint density at radius 1 is 1.50 bits per heavy atom. The summed E-state index contributed by atoms with van der Waals surface area (Å²) < 4.78 is 1.48. The molecule has 1 aromatic heterocycles. The second kappa shape index (κ2) is 3.05. The van der Waals surface area contributed by atoms with Crippen LogP contribution in [0.5, 0.6) is 0 Å². The minimum atomic E-state index is -0.0331. The number of pyridine rings is 1. The van der Waals surface area contributed by atoms with Crippen molar-refractivity contribution >= 4 is 19.0 Å². The average Bonchev–Trinajstić information content (AvgIpc) is 1.96. The average molecular weight is 162 g/mol. The van der Waals surface area contributed by atoms with Crippen molar-refractivity contribution in [3.05, 3.63) is 22.6 Å². The highest BCUT2D eigenvalue weighted by molar-refractivity contribution is 6.32. The van der Waals surface area contributed by atoms with Crippen molar-refractivity contribution in [2.75, 3.05) is 19.0 Å². The van der Waals surface area contributed by atoms with E-state index in [2.05, 4.69) is 0 Å². The van der Waals surface area contributed by atoms with Gasteiger partial charge in [-0.3, -0.25) is 4.79 Å². The maximum Gasteiger partial charge on any atom is 0.273 e. The monoisotopic (exact) mass is 162 g/mol. The summed E-state index contributed by atoms with van der Waals surface area (Å²) in [6, 6.07) is 1.67. The molecule has 0 saturated heterocycles. The third-order valence-electron chi connectivity index (χ3n) is 1.67. The molecular formula is C8H11BN2O. The van der Waals surface area contributed by atoms with Crippen LogP contribution < -0.4 is 15.9 Å². The Kier molecular flexibility index (Phi) is 2.26. The Labute approximate surface area is 73.0 Å². The summed E-state index contributed by atoms with van der Waals surface area (Å²) in [5.41, 5.74) is 1.17. The van der Waals surface area contributed by atoms with Gasteiger partial charge < -0.3 is 9.47 Å². The highest BCUT2D eigenvalue weighted by atomic mass is 16.1. The van der Waals surface area contributed by atoms with E-state index in [1.54, 1.807) is 24.2 Å². The molecule has 0 aliphatic carbocycles. The van der Waals surface area contributed by atoms with E-state index >= 15 is 0 Å². The molecule has 1 heterocycles. The summed E-state index contributed by atoms with van der Waals surface area (Å²) in [5.74, 6) is 0. The molecule has 0 fully saturated rings. The minimum Gasteiger partial charge on any atom is -0.373 e. The number of anilines is 1. The van der Waals surface area contributed by atoms with Crippen LogP contribution in [0.1, 0.15) is 0 Å². The van der Waals surface area contributed by atoms with Gasteiger partial charge in [0.25, 0.3) is 5.56 Å². The van der Waals surface area contributed by atoms with E-state index in [0.29, 0.717) is 11.2 Å². The molecular weight excluding hydrogens is 151 g/mol. The summed E-state index contributed by atoms with van der Waals surface area (Å²) in [6.07, 6.45) is 1.61. The summed E-state index contributed by atoms with van der Waals surface area (Å²) in [4.78, 5) is 13.2. The normalized spacial score (nSPS) is 9.92. The van der Waals surface area contributed by atoms with E-state index in [1.165, 1.54) is 4.57 Å². The number of rotatable bonds is 1. The van der Waals surface area contributed by atoms with E-state index in [-0.39, 0.29) is 5.56 Å². The number of aromatic nitrogens is 1. The number of aryl methyl sites for hydroxylation is 1. The van der Waals surface area contributed by atoms with Gasteiger partial charge in [-0.25, -0.2) is 0 Å². The zero-order valence-electron chi connectivity index (χ0n) is 7.53. The second-order valence-corrected chi connectivity index (χ2v) is 2.97. The van der Waals surface area contributed by atoms with Gasteiger partial charge >= 0.3 is 0 Å². The second-order valence-electron chi connectivity index (χ2n) is 2.97. The summed E-state index contributed by atoms with van der Waals surface area (Å²) in [7, 11) is 10.9. The van der Waals surface area contributed by atoms with Crippen LogP contribution >= 0.6 is 0 Å². The Bertz CT molecular complexity index is 343. The molecule has 0 aromatic carbocycles. The fourth-order valence-corrected chi connectivity index (χ4v) is 1.04. The molecule has 0 saturated carbocycles. The van der Waals surface area contributed by atoms with E-state index in [0.717, 1.165) is 0 Å². The van der Waals surface area contributed by atoms with Crippen LogP contribution in [0.3, 0.4) is 0 Å². The predicted molar refractivity (Wildman–Crippen MR) is 51.4 cm³/mol. The first-order valence-corrected chi connectivity index (χ1v) is 3.66. The standard InChI is InChI=1S/C8H11BN2O/c1-10(2)7-4-6(9)5-11(3)8(7)12/h4-5H,1-3H3. The molecule has 0 aliphatic heterocycles. The third-order valence-corrected chi connectivity index (χ3v) is 1.67. The largest absolute Gasteiger partial charge is 0.373 e. The van der Waals surface area contributed by atoms with Crippen LogP contribution in [0.2, 0.25) is 0 Å². The summed E-state index contributed by atoms with van der Waals surface area (Å²) >= 11 is 0. The molecule has 0 N–H and O–H groups in total. The molecule has 0 bridgehead atoms. The Morgan fingerprint density at radius 3 is 2.58 bits per heavy atom. The van der Waals surface area contributed by atoms with Gasteiger partial charge in [-0.05, 0) is 12.3 Å². The number of nitrogens with zero attached hydrogens (tertiary/aromatic N) is 2. The Hall–Kier alpha value is -1.19. The molecule has 0 amide bonds. The minimum absolute atomic E-state index is 0.0331. The van der Waals surface area contributed by atoms with Gasteiger partial charge in [-0.2, -0.15) is 0 Å². The lowest BCUT2D eigenvalue weighted by Crippen LogP contribution is -2.28. The molecule has 0 spiro atoms. The lowest BCUT2D eigenvalue weighted by molar-refractivity contribution is 0.857. The fraction of sp³-hybridized carbons (Fsp3) is 0.375. The molecule has 2 radical (unpaired) electrons. The van der Waals surface area contributed by atoms with E-state index in [9.17, 15) is 4.79 Å².